The van der Waals surface area contributed by atoms with Gasteiger partial charge >= 0.3 is 12.0 Å². The standard InChI is InChI=1S/C11H16N2O5/c1-7-2-3-8(18-7)6-12-11(17)13-9(4-5-14)10(15)16/h2-3,9,14H,4-6H2,1H3,(H,15,16)(H2,12,13,17). The predicted octanol–water partition coefficient (Wildman–Crippen LogP) is 0.223. The van der Waals surface area contributed by atoms with Crippen molar-refractivity contribution in [3.63, 3.8) is 0 Å². The van der Waals surface area contributed by atoms with E-state index in [1.54, 1.807) is 19.1 Å². The number of nitrogens with one attached hydrogen (secondary N) is 2. The van der Waals surface area contributed by atoms with E-state index in [1.807, 2.05) is 0 Å². The van der Waals surface area contributed by atoms with E-state index in [2.05, 4.69) is 10.6 Å². The number of rotatable bonds is 6. The van der Waals surface area contributed by atoms with Gasteiger partial charge in [-0.2, -0.15) is 0 Å². The Morgan fingerprint density at radius 2 is 2.17 bits per heavy atom. The van der Waals surface area contributed by atoms with Crippen LogP contribution in [-0.4, -0.2) is 34.9 Å². The number of hydrogen-bond acceptors (Lipinski definition) is 4. The summed E-state index contributed by atoms with van der Waals surface area (Å²) in [5.41, 5.74) is 0. The summed E-state index contributed by atoms with van der Waals surface area (Å²) in [6.45, 7) is 1.64. The van der Waals surface area contributed by atoms with Crippen LogP contribution in [0.2, 0.25) is 0 Å². The molecule has 0 aromatic carbocycles. The van der Waals surface area contributed by atoms with Crippen molar-refractivity contribution in [3.05, 3.63) is 23.7 Å². The van der Waals surface area contributed by atoms with Gasteiger partial charge in [-0.05, 0) is 19.1 Å². The summed E-state index contributed by atoms with van der Waals surface area (Å²) < 4.78 is 5.24. The normalized spacial score (nSPS) is 11.9. The van der Waals surface area contributed by atoms with Gasteiger partial charge in [0.05, 0.1) is 6.54 Å². The maximum Gasteiger partial charge on any atom is 0.326 e. The van der Waals surface area contributed by atoms with Crippen LogP contribution in [0.3, 0.4) is 0 Å². The maximum atomic E-state index is 11.4. The molecule has 0 spiro atoms. The lowest BCUT2D eigenvalue weighted by atomic mass is 10.2. The fourth-order valence-electron chi connectivity index (χ4n) is 1.34. The molecule has 0 aliphatic carbocycles. The van der Waals surface area contributed by atoms with Crippen molar-refractivity contribution in [1.82, 2.24) is 10.6 Å². The van der Waals surface area contributed by atoms with Gasteiger partial charge in [0.1, 0.15) is 17.6 Å². The smallest absolute Gasteiger partial charge is 0.326 e. The molecule has 1 rings (SSSR count). The molecule has 0 aliphatic rings. The molecule has 2 amide bonds. The Labute approximate surface area is 104 Å². The molecule has 100 valence electrons. The predicted molar refractivity (Wildman–Crippen MR) is 61.9 cm³/mol. The first kappa shape index (κ1) is 14.0. The molecule has 1 atom stereocenters. The highest BCUT2D eigenvalue weighted by Crippen LogP contribution is 2.05. The number of amides is 2. The van der Waals surface area contributed by atoms with E-state index in [1.165, 1.54) is 0 Å². The molecule has 1 aromatic heterocycles. The Morgan fingerprint density at radius 3 is 2.67 bits per heavy atom. The number of furan rings is 1. The third-order valence-electron chi connectivity index (χ3n) is 2.24. The molecule has 0 fully saturated rings. The van der Waals surface area contributed by atoms with E-state index in [0.29, 0.717) is 5.76 Å². The minimum absolute atomic E-state index is 0.0391. The summed E-state index contributed by atoms with van der Waals surface area (Å²) >= 11 is 0. The third kappa shape index (κ3) is 4.46. The van der Waals surface area contributed by atoms with Crippen LogP contribution in [-0.2, 0) is 11.3 Å². The van der Waals surface area contributed by atoms with Gasteiger partial charge in [-0.3, -0.25) is 0 Å². The highest BCUT2D eigenvalue weighted by Gasteiger charge is 2.18. The van der Waals surface area contributed by atoms with Crippen LogP contribution in [0.5, 0.6) is 0 Å². The average molecular weight is 256 g/mol. The summed E-state index contributed by atoms with van der Waals surface area (Å²) in [4.78, 5) is 22.1. The third-order valence-corrected chi connectivity index (χ3v) is 2.24. The van der Waals surface area contributed by atoms with Gasteiger partial charge in [-0.25, -0.2) is 9.59 Å². The first-order chi connectivity index (χ1) is 8.52. The topological polar surface area (TPSA) is 112 Å². The lowest BCUT2D eigenvalue weighted by Crippen LogP contribution is -2.46. The number of carboxylic acids is 1. The zero-order chi connectivity index (χ0) is 13.5. The highest BCUT2D eigenvalue weighted by molar-refractivity contribution is 5.82. The first-order valence-electron chi connectivity index (χ1n) is 5.46. The van der Waals surface area contributed by atoms with Crippen molar-refractivity contribution in [3.8, 4) is 0 Å². The molecular formula is C11H16N2O5. The molecule has 7 nitrogen and oxygen atoms in total. The second-order valence-electron chi connectivity index (χ2n) is 3.74. The second kappa shape index (κ2) is 6.65. The molecule has 18 heavy (non-hydrogen) atoms. The Kier molecular flexibility index (Phi) is 5.19. The zero-order valence-electron chi connectivity index (χ0n) is 9.97. The van der Waals surface area contributed by atoms with Crippen molar-refractivity contribution in [2.24, 2.45) is 0 Å². The van der Waals surface area contributed by atoms with E-state index in [4.69, 9.17) is 14.6 Å². The van der Waals surface area contributed by atoms with Crippen LogP contribution >= 0.6 is 0 Å². The van der Waals surface area contributed by atoms with Crippen molar-refractivity contribution in [2.75, 3.05) is 6.61 Å². The van der Waals surface area contributed by atoms with Crippen molar-refractivity contribution in [2.45, 2.75) is 25.9 Å². The minimum atomic E-state index is -1.19. The summed E-state index contributed by atoms with van der Waals surface area (Å²) in [7, 11) is 0. The lowest BCUT2D eigenvalue weighted by molar-refractivity contribution is -0.139. The Balaban J connectivity index is 2.38. The van der Waals surface area contributed by atoms with Gasteiger partial charge in [0.25, 0.3) is 0 Å². The van der Waals surface area contributed by atoms with Gasteiger partial charge in [-0.1, -0.05) is 0 Å². The molecule has 0 saturated carbocycles. The van der Waals surface area contributed by atoms with Gasteiger partial charge < -0.3 is 25.3 Å². The number of aliphatic hydroxyl groups excluding tert-OH is 1. The Morgan fingerprint density at radius 1 is 1.44 bits per heavy atom. The fourth-order valence-corrected chi connectivity index (χ4v) is 1.34. The molecule has 0 radical (unpaired) electrons. The molecule has 1 unspecified atom stereocenters. The SMILES string of the molecule is Cc1ccc(CNC(=O)NC(CCO)C(=O)O)o1. The number of urea groups is 1. The van der Waals surface area contributed by atoms with Crippen LogP contribution in [0.1, 0.15) is 17.9 Å². The number of aliphatic carboxylic acids is 1. The summed E-state index contributed by atoms with van der Waals surface area (Å²) in [5, 5.41) is 22.1. The van der Waals surface area contributed by atoms with Crippen molar-refractivity contribution in [1.29, 1.82) is 0 Å². The maximum absolute atomic E-state index is 11.4. The molecule has 1 heterocycles. The van der Waals surface area contributed by atoms with Crippen molar-refractivity contribution < 1.29 is 24.2 Å². The van der Waals surface area contributed by atoms with Crippen LogP contribution in [0.4, 0.5) is 4.79 Å². The number of carbonyl (C=O) groups is 2. The van der Waals surface area contributed by atoms with E-state index >= 15 is 0 Å². The van der Waals surface area contributed by atoms with Gasteiger partial charge in [-0.15, -0.1) is 0 Å². The summed E-state index contributed by atoms with van der Waals surface area (Å²) in [6.07, 6.45) is -0.0391. The van der Waals surface area contributed by atoms with Crippen LogP contribution < -0.4 is 10.6 Å². The van der Waals surface area contributed by atoms with Crippen LogP contribution in [0.15, 0.2) is 16.5 Å². The Hall–Kier alpha value is -2.02. The molecule has 4 N–H and O–H groups in total. The average Bonchev–Trinajstić information content (AvgIpc) is 2.72. The number of aryl methyl sites for hydroxylation is 1. The van der Waals surface area contributed by atoms with Gasteiger partial charge in [0, 0.05) is 13.0 Å². The quantitative estimate of drug-likeness (QED) is 0.582. The molecular weight excluding hydrogens is 240 g/mol. The summed E-state index contributed by atoms with van der Waals surface area (Å²) in [6, 6.07) is 1.76. The van der Waals surface area contributed by atoms with Crippen LogP contribution in [0.25, 0.3) is 0 Å². The number of carboxylic acid groups (broad SMARTS) is 1. The number of carbonyl (C=O) groups excluding carboxylic acids is 1. The largest absolute Gasteiger partial charge is 0.480 e. The highest BCUT2D eigenvalue weighted by atomic mass is 16.4. The number of aliphatic hydroxyl groups is 1. The monoisotopic (exact) mass is 256 g/mol. The molecule has 0 saturated heterocycles. The molecule has 0 aliphatic heterocycles. The summed E-state index contributed by atoms with van der Waals surface area (Å²) in [5.74, 6) is 0.126. The van der Waals surface area contributed by atoms with Gasteiger partial charge in [0.15, 0.2) is 0 Å². The van der Waals surface area contributed by atoms with E-state index in [9.17, 15) is 9.59 Å². The first-order valence-corrected chi connectivity index (χ1v) is 5.46. The van der Waals surface area contributed by atoms with Crippen molar-refractivity contribution >= 4 is 12.0 Å². The zero-order valence-corrected chi connectivity index (χ0v) is 9.97. The van der Waals surface area contributed by atoms with Gasteiger partial charge in [0.2, 0.25) is 0 Å². The Bertz CT molecular complexity index is 415. The molecule has 1 aromatic rings. The minimum Gasteiger partial charge on any atom is -0.480 e. The van der Waals surface area contributed by atoms with Crippen LogP contribution in [0, 0.1) is 6.92 Å². The molecule has 0 bridgehead atoms. The van der Waals surface area contributed by atoms with E-state index in [0.717, 1.165) is 5.76 Å². The lowest BCUT2D eigenvalue weighted by Gasteiger charge is -2.13. The molecule has 7 heteroatoms. The second-order valence-corrected chi connectivity index (χ2v) is 3.74. The van der Waals surface area contributed by atoms with E-state index < -0.39 is 18.0 Å². The van der Waals surface area contributed by atoms with E-state index in [-0.39, 0.29) is 19.6 Å². The fraction of sp³-hybridized carbons (Fsp3) is 0.455. The number of hydrogen-bond donors (Lipinski definition) is 4.